The Balaban J connectivity index is 1.62. The molecule has 0 bridgehead atoms. The summed E-state index contributed by atoms with van der Waals surface area (Å²) in [6.07, 6.45) is 1.12. The van der Waals surface area contributed by atoms with Crippen molar-refractivity contribution in [3.63, 3.8) is 0 Å². The number of benzene rings is 1. The Bertz CT molecular complexity index is 483. The van der Waals surface area contributed by atoms with Crippen molar-refractivity contribution in [3.8, 4) is 0 Å². The summed E-state index contributed by atoms with van der Waals surface area (Å²) in [5.41, 5.74) is 1.46. The number of piperazine rings is 1. The standard InChI is InChI=1S/C16H23N3OS/c1-2-18-16(20)14-10-17-7-8-19(14)11-13-9-12-5-3-4-6-15(12)21-13/h3-6,13-14,17H,2,7-11H2,1H3,(H,18,20). The Kier molecular flexibility index (Phi) is 4.83. The van der Waals surface area contributed by atoms with Crippen LogP contribution in [0.2, 0.25) is 0 Å². The van der Waals surface area contributed by atoms with Gasteiger partial charge in [0.2, 0.25) is 5.91 Å². The van der Waals surface area contributed by atoms with Crippen LogP contribution in [0.3, 0.4) is 0 Å². The number of fused-ring (bicyclic) bond motifs is 1. The summed E-state index contributed by atoms with van der Waals surface area (Å²) >= 11 is 1.96. The van der Waals surface area contributed by atoms with Gasteiger partial charge in [-0.15, -0.1) is 11.8 Å². The average Bonchev–Trinajstić information content (AvgIpc) is 2.90. The Morgan fingerprint density at radius 1 is 1.48 bits per heavy atom. The maximum absolute atomic E-state index is 12.2. The highest BCUT2D eigenvalue weighted by Gasteiger charge is 2.32. The van der Waals surface area contributed by atoms with Crippen LogP contribution in [0.4, 0.5) is 0 Å². The summed E-state index contributed by atoms with van der Waals surface area (Å²) in [4.78, 5) is 16.0. The van der Waals surface area contributed by atoms with Crippen molar-refractivity contribution >= 4 is 17.7 Å². The van der Waals surface area contributed by atoms with E-state index < -0.39 is 0 Å². The molecule has 2 aliphatic heterocycles. The van der Waals surface area contributed by atoms with E-state index >= 15 is 0 Å². The first-order valence-corrected chi connectivity index (χ1v) is 8.63. The molecule has 0 radical (unpaired) electrons. The average molecular weight is 305 g/mol. The van der Waals surface area contributed by atoms with Gasteiger partial charge in [-0.3, -0.25) is 9.69 Å². The maximum Gasteiger partial charge on any atom is 0.238 e. The lowest BCUT2D eigenvalue weighted by atomic mass is 10.1. The van der Waals surface area contributed by atoms with Gasteiger partial charge in [-0.2, -0.15) is 0 Å². The quantitative estimate of drug-likeness (QED) is 0.875. The third-order valence-electron chi connectivity index (χ3n) is 4.16. The van der Waals surface area contributed by atoms with Gasteiger partial charge in [-0.05, 0) is 25.0 Å². The number of carbonyl (C=O) groups is 1. The molecular formula is C16H23N3OS. The van der Waals surface area contributed by atoms with Crippen LogP contribution in [0.25, 0.3) is 0 Å². The zero-order valence-electron chi connectivity index (χ0n) is 12.5. The van der Waals surface area contributed by atoms with Crippen molar-refractivity contribution < 1.29 is 4.79 Å². The fourth-order valence-corrected chi connectivity index (χ4v) is 4.48. The van der Waals surface area contributed by atoms with E-state index in [0.29, 0.717) is 11.8 Å². The Labute approximate surface area is 130 Å². The van der Waals surface area contributed by atoms with Gasteiger partial charge in [0.05, 0.1) is 0 Å². The Morgan fingerprint density at radius 3 is 3.14 bits per heavy atom. The van der Waals surface area contributed by atoms with Crippen molar-refractivity contribution in [2.45, 2.75) is 29.5 Å². The number of amides is 1. The van der Waals surface area contributed by atoms with Crippen molar-refractivity contribution in [2.75, 3.05) is 32.7 Å². The molecule has 1 aromatic rings. The lowest BCUT2D eigenvalue weighted by Crippen LogP contribution is -2.59. The fraction of sp³-hybridized carbons (Fsp3) is 0.562. The highest BCUT2D eigenvalue weighted by atomic mass is 32.2. The van der Waals surface area contributed by atoms with Crippen LogP contribution in [0.1, 0.15) is 12.5 Å². The summed E-state index contributed by atoms with van der Waals surface area (Å²) < 4.78 is 0. The van der Waals surface area contributed by atoms with Gasteiger partial charge >= 0.3 is 0 Å². The molecule has 5 heteroatoms. The predicted molar refractivity (Wildman–Crippen MR) is 86.7 cm³/mol. The van der Waals surface area contributed by atoms with Crippen molar-refractivity contribution in [1.29, 1.82) is 0 Å². The minimum absolute atomic E-state index is 0.0250. The molecule has 0 spiro atoms. The van der Waals surface area contributed by atoms with Crippen molar-refractivity contribution in [2.24, 2.45) is 0 Å². The molecule has 0 aliphatic carbocycles. The van der Waals surface area contributed by atoms with Crippen LogP contribution in [0.15, 0.2) is 29.2 Å². The lowest BCUT2D eigenvalue weighted by molar-refractivity contribution is -0.126. The van der Waals surface area contributed by atoms with Gasteiger partial charge in [0.1, 0.15) is 6.04 Å². The summed E-state index contributed by atoms with van der Waals surface area (Å²) in [6, 6.07) is 8.63. The van der Waals surface area contributed by atoms with Gasteiger partial charge in [-0.25, -0.2) is 0 Å². The highest BCUT2D eigenvalue weighted by Crippen LogP contribution is 2.37. The highest BCUT2D eigenvalue weighted by molar-refractivity contribution is 8.00. The second kappa shape index (κ2) is 6.81. The normalized spacial score (nSPS) is 25.6. The first kappa shape index (κ1) is 14.9. The first-order valence-electron chi connectivity index (χ1n) is 7.75. The molecule has 3 rings (SSSR count). The van der Waals surface area contributed by atoms with E-state index in [2.05, 4.69) is 39.8 Å². The lowest BCUT2D eigenvalue weighted by Gasteiger charge is -2.36. The molecule has 1 saturated heterocycles. The van der Waals surface area contributed by atoms with Gasteiger partial charge in [0.15, 0.2) is 0 Å². The second-order valence-electron chi connectivity index (χ2n) is 5.66. The summed E-state index contributed by atoms with van der Waals surface area (Å²) in [6.45, 7) is 6.35. The molecule has 1 fully saturated rings. The number of carbonyl (C=O) groups excluding carboxylic acids is 1. The zero-order chi connectivity index (χ0) is 14.7. The van der Waals surface area contributed by atoms with E-state index in [1.165, 1.54) is 10.5 Å². The van der Waals surface area contributed by atoms with Crippen LogP contribution < -0.4 is 10.6 Å². The minimum atomic E-state index is -0.0250. The van der Waals surface area contributed by atoms with Crippen LogP contribution in [0.5, 0.6) is 0 Å². The monoisotopic (exact) mass is 305 g/mol. The smallest absolute Gasteiger partial charge is 0.238 e. The molecule has 2 aliphatic rings. The molecule has 2 unspecified atom stereocenters. The molecule has 4 nitrogen and oxygen atoms in total. The summed E-state index contributed by atoms with van der Waals surface area (Å²) in [7, 11) is 0. The Morgan fingerprint density at radius 2 is 2.33 bits per heavy atom. The van der Waals surface area contributed by atoms with Crippen LogP contribution in [-0.2, 0) is 11.2 Å². The van der Waals surface area contributed by atoms with Crippen molar-refractivity contribution in [3.05, 3.63) is 29.8 Å². The van der Waals surface area contributed by atoms with Crippen LogP contribution in [0, 0.1) is 0 Å². The van der Waals surface area contributed by atoms with Crippen molar-refractivity contribution in [1.82, 2.24) is 15.5 Å². The van der Waals surface area contributed by atoms with Gasteiger partial charge in [-0.1, -0.05) is 18.2 Å². The SMILES string of the molecule is CCNC(=O)C1CNCCN1CC1Cc2ccccc2S1. The molecule has 0 aromatic heterocycles. The number of nitrogens with one attached hydrogen (secondary N) is 2. The maximum atomic E-state index is 12.2. The van der Waals surface area contributed by atoms with E-state index in [1.807, 2.05) is 18.7 Å². The first-order chi connectivity index (χ1) is 10.3. The van der Waals surface area contributed by atoms with Gasteiger partial charge in [0, 0.05) is 42.9 Å². The summed E-state index contributed by atoms with van der Waals surface area (Å²) in [5.74, 6) is 0.158. The molecule has 1 amide bonds. The summed E-state index contributed by atoms with van der Waals surface area (Å²) in [5, 5.41) is 6.86. The molecule has 0 saturated carbocycles. The molecular weight excluding hydrogens is 282 g/mol. The van der Waals surface area contributed by atoms with Crippen LogP contribution in [-0.4, -0.2) is 54.8 Å². The zero-order valence-corrected chi connectivity index (χ0v) is 13.3. The van der Waals surface area contributed by atoms with E-state index in [-0.39, 0.29) is 11.9 Å². The molecule has 2 N–H and O–H groups in total. The third kappa shape index (κ3) is 3.42. The van der Waals surface area contributed by atoms with Gasteiger partial charge in [0.25, 0.3) is 0 Å². The number of likely N-dealkylation sites (N-methyl/N-ethyl adjacent to an activating group) is 1. The van der Waals surface area contributed by atoms with Crippen LogP contribution >= 0.6 is 11.8 Å². The fourth-order valence-electron chi connectivity index (χ4n) is 3.13. The Hall–Kier alpha value is -1.04. The van der Waals surface area contributed by atoms with E-state index in [9.17, 15) is 4.79 Å². The van der Waals surface area contributed by atoms with E-state index in [4.69, 9.17) is 0 Å². The molecule has 1 aromatic carbocycles. The number of thioether (sulfide) groups is 1. The molecule has 2 heterocycles. The number of rotatable bonds is 4. The van der Waals surface area contributed by atoms with E-state index in [0.717, 1.165) is 32.6 Å². The topological polar surface area (TPSA) is 44.4 Å². The number of nitrogens with zero attached hydrogens (tertiary/aromatic N) is 1. The molecule has 2 atom stereocenters. The minimum Gasteiger partial charge on any atom is -0.355 e. The molecule has 114 valence electrons. The largest absolute Gasteiger partial charge is 0.355 e. The number of hydrogen-bond acceptors (Lipinski definition) is 4. The third-order valence-corrected chi connectivity index (χ3v) is 5.46. The molecule has 21 heavy (non-hydrogen) atoms. The van der Waals surface area contributed by atoms with E-state index in [1.54, 1.807) is 0 Å². The second-order valence-corrected chi connectivity index (χ2v) is 7.00. The predicted octanol–water partition coefficient (Wildman–Crippen LogP) is 1.11. The van der Waals surface area contributed by atoms with Gasteiger partial charge < -0.3 is 10.6 Å². The number of hydrogen-bond donors (Lipinski definition) is 2.